The third kappa shape index (κ3) is 3.77. The number of fused-ring (bicyclic) bond motifs is 1. The van der Waals surface area contributed by atoms with Crippen molar-refractivity contribution in [3.05, 3.63) is 57.8 Å². The van der Waals surface area contributed by atoms with Crippen molar-refractivity contribution in [3.63, 3.8) is 0 Å². The van der Waals surface area contributed by atoms with Crippen LogP contribution in [0, 0.1) is 10.1 Å². The molecule has 142 valence electrons. The van der Waals surface area contributed by atoms with E-state index in [4.69, 9.17) is 0 Å². The van der Waals surface area contributed by atoms with Crippen molar-refractivity contribution in [2.75, 3.05) is 16.9 Å². The Morgan fingerprint density at radius 2 is 2.22 bits per heavy atom. The van der Waals surface area contributed by atoms with Crippen LogP contribution < -0.4 is 10.3 Å². The lowest BCUT2D eigenvalue weighted by Crippen LogP contribution is -2.48. The first kappa shape index (κ1) is 18.8. The molecule has 0 unspecified atom stereocenters. The molecule has 0 radical (unpaired) electrons. The molecule has 0 saturated heterocycles. The van der Waals surface area contributed by atoms with E-state index in [9.17, 15) is 10.1 Å². The zero-order valence-corrected chi connectivity index (χ0v) is 16.1. The van der Waals surface area contributed by atoms with E-state index in [0.717, 1.165) is 18.5 Å². The SMILES string of the molecule is CCN1c2ccc(/C=N\Nc3ncccc3[N+](=O)[O-])cc2[C@@H](C)CC1(C)C. The van der Waals surface area contributed by atoms with Crippen molar-refractivity contribution < 1.29 is 4.92 Å². The number of hydrogen-bond donors (Lipinski definition) is 1. The van der Waals surface area contributed by atoms with Gasteiger partial charge in [0.25, 0.3) is 0 Å². The Hall–Kier alpha value is -2.96. The molecule has 0 aliphatic carbocycles. The monoisotopic (exact) mass is 367 g/mol. The third-order valence-electron chi connectivity index (χ3n) is 5.09. The third-order valence-corrected chi connectivity index (χ3v) is 5.09. The maximum atomic E-state index is 11.0. The van der Waals surface area contributed by atoms with E-state index in [0.29, 0.717) is 5.92 Å². The van der Waals surface area contributed by atoms with Gasteiger partial charge in [0.15, 0.2) is 0 Å². The molecule has 1 N–H and O–H groups in total. The van der Waals surface area contributed by atoms with Crippen LogP contribution in [0.5, 0.6) is 0 Å². The summed E-state index contributed by atoms with van der Waals surface area (Å²) in [6.07, 6.45) is 4.25. The first-order valence-electron chi connectivity index (χ1n) is 9.13. The van der Waals surface area contributed by atoms with Gasteiger partial charge >= 0.3 is 5.69 Å². The van der Waals surface area contributed by atoms with E-state index in [-0.39, 0.29) is 17.0 Å². The molecular weight excluding hydrogens is 342 g/mol. The number of hydrazone groups is 1. The molecule has 1 aromatic carbocycles. The fourth-order valence-corrected chi connectivity index (χ4v) is 3.99. The van der Waals surface area contributed by atoms with Gasteiger partial charge in [0.1, 0.15) is 0 Å². The van der Waals surface area contributed by atoms with Crippen LogP contribution in [0.2, 0.25) is 0 Å². The summed E-state index contributed by atoms with van der Waals surface area (Å²) < 4.78 is 0. The van der Waals surface area contributed by atoms with Gasteiger partial charge < -0.3 is 4.90 Å². The molecule has 27 heavy (non-hydrogen) atoms. The number of rotatable bonds is 5. The first-order valence-corrected chi connectivity index (χ1v) is 9.13. The van der Waals surface area contributed by atoms with Crippen LogP contribution in [0.1, 0.15) is 51.2 Å². The Labute approximate surface area is 159 Å². The van der Waals surface area contributed by atoms with Gasteiger partial charge in [0, 0.05) is 30.0 Å². The molecule has 7 nitrogen and oxygen atoms in total. The molecule has 0 saturated carbocycles. The summed E-state index contributed by atoms with van der Waals surface area (Å²) in [4.78, 5) is 17.0. The summed E-state index contributed by atoms with van der Waals surface area (Å²) in [6.45, 7) is 9.97. The predicted octanol–water partition coefficient (Wildman–Crippen LogP) is 4.55. The van der Waals surface area contributed by atoms with E-state index in [1.165, 1.54) is 29.6 Å². The highest BCUT2D eigenvalue weighted by molar-refractivity contribution is 5.82. The minimum Gasteiger partial charge on any atom is -0.366 e. The average molecular weight is 367 g/mol. The van der Waals surface area contributed by atoms with E-state index in [1.807, 2.05) is 6.07 Å². The second-order valence-electron chi connectivity index (χ2n) is 7.48. The second kappa shape index (κ2) is 7.34. The largest absolute Gasteiger partial charge is 0.366 e. The Kier molecular flexibility index (Phi) is 5.12. The van der Waals surface area contributed by atoms with Crippen LogP contribution in [0.4, 0.5) is 17.2 Å². The van der Waals surface area contributed by atoms with Crippen molar-refractivity contribution >= 4 is 23.4 Å². The van der Waals surface area contributed by atoms with Gasteiger partial charge in [-0.25, -0.2) is 4.98 Å². The lowest BCUT2D eigenvalue weighted by molar-refractivity contribution is -0.384. The molecule has 0 bridgehead atoms. The quantitative estimate of drug-likeness (QED) is 0.476. The second-order valence-corrected chi connectivity index (χ2v) is 7.48. The van der Waals surface area contributed by atoms with E-state index in [1.54, 1.807) is 6.21 Å². The summed E-state index contributed by atoms with van der Waals surface area (Å²) in [5, 5.41) is 15.2. The van der Waals surface area contributed by atoms with E-state index >= 15 is 0 Å². The number of benzene rings is 1. The van der Waals surface area contributed by atoms with Crippen molar-refractivity contribution in [1.82, 2.24) is 4.98 Å². The van der Waals surface area contributed by atoms with Gasteiger partial charge in [-0.2, -0.15) is 5.10 Å². The maximum absolute atomic E-state index is 11.0. The Morgan fingerprint density at radius 1 is 1.44 bits per heavy atom. The molecule has 1 aliphatic rings. The molecule has 1 aliphatic heterocycles. The standard InChI is InChI=1S/C20H25N5O2/c1-5-24-17-9-8-15(11-16(17)14(2)12-20(24,3)4)13-22-23-19-18(25(26)27)7-6-10-21-19/h6-11,13-14H,5,12H2,1-4H3,(H,21,23)/b22-13-/t14-/m0/s1. The van der Waals surface area contributed by atoms with Gasteiger partial charge in [0.2, 0.25) is 5.82 Å². The minimum atomic E-state index is -0.480. The van der Waals surface area contributed by atoms with Crippen LogP contribution in [-0.2, 0) is 0 Å². The van der Waals surface area contributed by atoms with Crippen molar-refractivity contribution in [2.24, 2.45) is 5.10 Å². The van der Waals surface area contributed by atoms with Gasteiger partial charge in [-0.05, 0) is 62.4 Å². The lowest BCUT2D eigenvalue weighted by atomic mass is 9.79. The van der Waals surface area contributed by atoms with Crippen LogP contribution in [0.15, 0.2) is 41.6 Å². The molecule has 0 fully saturated rings. The molecule has 3 rings (SSSR count). The number of hydrogen-bond acceptors (Lipinski definition) is 6. The number of nitrogens with one attached hydrogen (secondary N) is 1. The summed E-state index contributed by atoms with van der Waals surface area (Å²) in [7, 11) is 0. The van der Waals surface area contributed by atoms with Crippen molar-refractivity contribution in [2.45, 2.75) is 45.6 Å². The van der Waals surface area contributed by atoms with Gasteiger partial charge in [-0.15, -0.1) is 0 Å². The fraction of sp³-hybridized carbons (Fsp3) is 0.400. The van der Waals surface area contributed by atoms with Gasteiger partial charge in [-0.3, -0.25) is 15.5 Å². The topological polar surface area (TPSA) is 83.7 Å². The summed E-state index contributed by atoms with van der Waals surface area (Å²) in [6, 6.07) is 9.23. The molecular formula is C20H25N5O2. The normalized spacial score (nSPS) is 18.4. The number of anilines is 2. The van der Waals surface area contributed by atoms with Crippen LogP contribution in [0.25, 0.3) is 0 Å². The van der Waals surface area contributed by atoms with Gasteiger partial charge in [-0.1, -0.05) is 13.0 Å². The highest BCUT2D eigenvalue weighted by Gasteiger charge is 2.35. The molecule has 1 aromatic heterocycles. The van der Waals surface area contributed by atoms with Crippen molar-refractivity contribution in [1.29, 1.82) is 0 Å². The fourth-order valence-electron chi connectivity index (χ4n) is 3.99. The zero-order valence-electron chi connectivity index (χ0n) is 16.1. The molecule has 0 amide bonds. The average Bonchev–Trinajstić information content (AvgIpc) is 2.62. The number of nitro groups is 1. The van der Waals surface area contributed by atoms with Crippen molar-refractivity contribution in [3.8, 4) is 0 Å². The number of aromatic nitrogens is 1. The van der Waals surface area contributed by atoms with Crippen LogP contribution in [0.3, 0.4) is 0 Å². The van der Waals surface area contributed by atoms with Crippen LogP contribution in [-0.4, -0.2) is 28.2 Å². The summed E-state index contributed by atoms with van der Waals surface area (Å²) in [5.74, 6) is 0.583. The Balaban J connectivity index is 1.83. The lowest BCUT2D eigenvalue weighted by Gasteiger charge is -2.47. The molecule has 0 spiro atoms. The first-order chi connectivity index (χ1) is 12.8. The summed E-state index contributed by atoms with van der Waals surface area (Å²) >= 11 is 0. The van der Waals surface area contributed by atoms with Crippen LogP contribution >= 0.6 is 0 Å². The highest BCUT2D eigenvalue weighted by Crippen LogP contribution is 2.43. The number of pyridine rings is 1. The minimum absolute atomic E-state index is 0.102. The number of nitrogens with zero attached hydrogens (tertiary/aromatic N) is 4. The van der Waals surface area contributed by atoms with E-state index in [2.05, 4.69) is 60.2 Å². The summed E-state index contributed by atoms with van der Waals surface area (Å²) in [5.41, 5.74) is 6.23. The highest BCUT2D eigenvalue weighted by atomic mass is 16.6. The van der Waals surface area contributed by atoms with E-state index < -0.39 is 4.92 Å². The zero-order chi connectivity index (χ0) is 19.6. The molecule has 2 aromatic rings. The molecule has 1 atom stereocenters. The smallest absolute Gasteiger partial charge is 0.313 e. The van der Waals surface area contributed by atoms with Gasteiger partial charge in [0.05, 0.1) is 11.1 Å². The molecule has 7 heteroatoms. The Morgan fingerprint density at radius 3 is 2.93 bits per heavy atom. The Bertz CT molecular complexity index is 878. The predicted molar refractivity (Wildman–Crippen MR) is 109 cm³/mol. The maximum Gasteiger partial charge on any atom is 0.313 e. The molecule has 2 heterocycles.